The molecule has 0 radical (unpaired) electrons. The molecule has 9 heteroatoms. The van der Waals surface area contributed by atoms with Crippen molar-refractivity contribution in [3.8, 4) is 5.75 Å². The molecule has 0 aromatic heterocycles. The number of aliphatic hydroxyl groups excluding tert-OH is 2. The lowest BCUT2D eigenvalue weighted by molar-refractivity contribution is -0.309. The van der Waals surface area contributed by atoms with Crippen molar-refractivity contribution in [3.63, 3.8) is 0 Å². The second kappa shape index (κ2) is 12.5. The number of benzene rings is 2. The van der Waals surface area contributed by atoms with Gasteiger partial charge in [0.25, 0.3) is 0 Å². The standard InChI is InChI=1S/C29H38O9/c1-4-19-7-9-20(10-8-19)14-22-12-11-21(16-36-25-6-5-13-34-25)15-23(22)37-28-26(31)27(32)29(3,33)24(38-28)17-35-18(2)30/h7-12,15,24-28,31-33H,4-6,13-14,16-17H2,1-3H3/t24-,25?,26-,27-,28+,29-/m1/s1. The Morgan fingerprint density at radius 1 is 1.11 bits per heavy atom. The van der Waals surface area contributed by atoms with E-state index in [0.717, 1.165) is 36.0 Å². The minimum absolute atomic E-state index is 0.237. The molecule has 2 aliphatic heterocycles. The lowest BCUT2D eigenvalue weighted by Crippen LogP contribution is -2.66. The van der Waals surface area contributed by atoms with Crippen LogP contribution in [0.25, 0.3) is 0 Å². The summed E-state index contributed by atoms with van der Waals surface area (Å²) < 4.78 is 28.4. The molecule has 1 unspecified atom stereocenters. The highest BCUT2D eigenvalue weighted by Crippen LogP contribution is 2.33. The maximum atomic E-state index is 11.3. The van der Waals surface area contributed by atoms with E-state index < -0.39 is 36.2 Å². The van der Waals surface area contributed by atoms with Crippen LogP contribution < -0.4 is 4.74 Å². The zero-order valence-electron chi connectivity index (χ0n) is 22.2. The topological polar surface area (TPSA) is 124 Å². The minimum Gasteiger partial charge on any atom is -0.463 e. The van der Waals surface area contributed by atoms with E-state index >= 15 is 0 Å². The van der Waals surface area contributed by atoms with Crippen molar-refractivity contribution >= 4 is 5.97 Å². The fourth-order valence-corrected chi connectivity index (χ4v) is 4.61. The predicted octanol–water partition coefficient (Wildman–Crippen LogP) is 2.63. The van der Waals surface area contributed by atoms with Crippen molar-refractivity contribution in [1.82, 2.24) is 0 Å². The summed E-state index contributed by atoms with van der Waals surface area (Å²) in [6.07, 6.45) is -2.51. The molecule has 0 saturated carbocycles. The molecule has 6 atom stereocenters. The molecule has 3 N–H and O–H groups in total. The average Bonchev–Trinajstić information content (AvgIpc) is 3.42. The highest BCUT2D eigenvalue weighted by molar-refractivity contribution is 5.65. The van der Waals surface area contributed by atoms with Crippen LogP contribution in [0.15, 0.2) is 42.5 Å². The first-order valence-corrected chi connectivity index (χ1v) is 13.1. The number of rotatable bonds is 10. The smallest absolute Gasteiger partial charge is 0.302 e. The van der Waals surface area contributed by atoms with E-state index in [1.165, 1.54) is 19.4 Å². The van der Waals surface area contributed by atoms with Crippen LogP contribution in [0.3, 0.4) is 0 Å². The monoisotopic (exact) mass is 530 g/mol. The van der Waals surface area contributed by atoms with Crippen LogP contribution in [0.4, 0.5) is 0 Å². The molecule has 2 aromatic carbocycles. The van der Waals surface area contributed by atoms with Gasteiger partial charge in [-0.15, -0.1) is 0 Å². The number of esters is 1. The van der Waals surface area contributed by atoms with Gasteiger partial charge in [0.15, 0.2) is 6.29 Å². The van der Waals surface area contributed by atoms with Crippen LogP contribution in [0.5, 0.6) is 5.75 Å². The fraction of sp³-hybridized carbons (Fsp3) is 0.552. The highest BCUT2D eigenvalue weighted by Gasteiger charge is 2.53. The van der Waals surface area contributed by atoms with Crippen LogP contribution in [-0.4, -0.2) is 71.0 Å². The second-order valence-corrected chi connectivity index (χ2v) is 10.1. The van der Waals surface area contributed by atoms with Crippen LogP contribution in [0.1, 0.15) is 55.9 Å². The number of aliphatic hydroxyl groups is 3. The summed E-state index contributed by atoms with van der Waals surface area (Å²) in [4.78, 5) is 11.3. The third-order valence-corrected chi connectivity index (χ3v) is 7.11. The summed E-state index contributed by atoms with van der Waals surface area (Å²) >= 11 is 0. The second-order valence-electron chi connectivity index (χ2n) is 10.1. The molecule has 0 spiro atoms. The Kier molecular flexibility index (Phi) is 9.40. The van der Waals surface area contributed by atoms with Gasteiger partial charge < -0.3 is 39.0 Å². The molecule has 0 bridgehead atoms. The SMILES string of the molecule is CCc1ccc(Cc2ccc(COC3CCCO3)cc2O[C@H]2O[C@H](COC(C)=O)[C@@](C)(O)[C@H](O)[C@H]2O)cc1. The molecule has 2 heterocycles. The van der Waals surface area contributed by atoms with E-state index in [4.69, 9.17) is 23.7 Å². The first kappa shape index (κ1) is 28.5. The normalized spacial score (nSPS) is 29.3. The van der Waals surface area contributed by atoms with Gasteiger partial charge in [0, 0.05) is 26.4 Å². The number of hydrogen-bond acceptors (Lipinski definition) is 9. The third-order valence-electron chi connectivity index (χ3n) is 7.11. The lowest BCUT2D eigenvalue weighted by atomic mass is 9.86. The van der Waals surface area contributed by atoms with Gasteiger partial charge in [0.2, 0.25) is 6.29 Å². The van der Waals surface area contributed by atoms with Crippen LogP contribution in [0, 0.1) is 0 Å². The maximum Gasteiger partial charge on any atom is 0.302 e. The molecular formula is C29H38O9. The van der Waals surface area contributed by atoms with E-state index in [2.05, 4.69) is 31.2 Å². The van der Waals surface area contributed by atoms with Crippen molar-refractivity contribution in [3.05, 3.63) is 64.7 Å². The molecule has 2 aliphatic rings. The Labute approximate surface area is 223 Å². The summed E-state index contributed by atoms with van der Waals surface area (Å²) in [5.74, 6) is -0.111. The Hall–Kier alpha value is -2.53. The Morgan fingerprint density at radius 3 is 2.47 bits per heavy atom. The number of hydrogen-bond donors (Lipinski definition) is 3. The lowest BCUT2D eigenvalue weighted by Gasteiger charge is -2.46. The summed E-state index contributed by atoms with van der Waals surface area (Å²) in [6, 6.07) is 14.0. The first-order chi connectivity index (χ1) is 18.2. The maximum absolute atomic E-state index is 11.3. The van der Waals surface area contributed by atoms with Gasteiger partial charge in [0.05, 0.1) is 6.61 Å². The minimum atomic E-state index is -1.87. The Morgan fingerprint density at radius 2 is 1.82 bits per heavy atom. The first-order valence-electron chi connectivity index (χ1n) is 13.1. The number of aryl methyl sites for hydroxylation is 1. The fourth-order valence-electron chi connectivity index (χ4n) is 4.61. The Balaban J connectivity index is 1.57. The van der Waals surface area contributed by atoms with E-state index in [1.54, 1.807) is 0 Å². The number of carbonyl (C=O) groups excluding carboxylic acids is 1. The highest BCUT2D eigenvalue weighted by atomic mass is 16.7. The van der Waals surface area contributed by atoms with E-state index in [1.807, 2.05) is 18.2 Å². The quantitative estimate of drug-likeness (QED) is 0.398. The van der Waals surface area contributed by atoms with E-state index in [9.17, 15) is 20.1 Å². The Bertz CT molecular complexity index is 1060. The molecule has 4 rings (SSSR count). The van der Waals surface area contributed by atoms with Gasteiger partial charge >= 0.3 is 5.97 Å². The molecule has 0 amide bonds. The molecule has 38 heavy (non-hydrogen) atoms. The molecule has 208 valence electrons. The van der Waals surface area contributed by atoms with Gasteiger partial charge in [-0.2, -0.15) is 0 Å². The third kappa shape index (κ3) is 6.91. The van der Waals surface area contributed by atoms with Gasteiger partial charge in [-0.1, -0.05) is 43.3 Å². The zero-order chi connectivity index (χ0) is 27.3. The van der Waals surface area contributed by atoms with Gasteiger partial charge in [-0.3, -0.25) is 4.79 Å². The van der Waals surface area contributed by atoms with Crippen molar-refractivity contribution in [2.45, 2.75) is 89.6 Å². The molecule has 2 fully saturated rings. The molecule has 2 saturated heterocycles. The van der Waals surface area contributed by atoms with Crippen molar-refractivity contribution in [1.29, 1.82) is 0 Å². The summed E-state index contributed by atoms with van der Waals surface area (Å²) in [7, 11) is 0. The number of ether oxygens (including phenoxy) is 5. The molecule has 2 aromatic rings. The van der Waals surface area contributed by atoms with Crippen LogP contribution in [0.2, 0.25) is 0 Å². The van der Waals surface area contributed by atoms with Crippen molar-refractivity contribution < 1.29 is 43.8 Å². The van der Waals surface area contributed by atoms with E-state index in [-0.39, 0.29) is 12.9 Å². The molecular weight excluding hydrogens is 492 g/mol. The number of carbonyl (C=O) groups is 1. The predicted molar refractivity (Wildman–Crippen MR) is 137 cm³/mol. The summed E-state index contributed by atoms with van der Waals surface area (Å²) in [5, 5.41) is 32.2. The van der Waals surface area contributed by atoms with Crippen molar-refractivity contribution in [2.75, 3.05) is 13.2 Å². The van der Waals surface area contributed by atoms with Crippen molar-refractivity contribution in [2.24, 2.45) is 0 Å². The van der Waals surface area contributed by atoms with Crippen LogP contribution >= 0.6 is 0 Å². The molecule has 0 aliphatic carbocycles. The zero-order valence-corrected chi connectivity index (χ0v) is 22.2. The summed E-state index contributed by atoms with van der Waals surface area (Å²) in [5.41, 5.74) is 2.14. The van der Waals surface area contributed by atoms with Crippen LogP contribution in [-0.2, 0) is 43.2 Å². The van der Waals surface area contributed by atoms with Gasteiger partial charge in [-0.25, -0.2) is 0 Å². The van der Waals surface area contributed by atoms with Gasteiger partial charge in [-0.05, 0) is 48.1 Å². The van der Waals surface area contributed by atoms with Gasteiger partial charge in [0.1, 0.15) is 36.3 Å². The largest absolute Gasteiger partial charge is 0.463 e. The molecule has 9 nitrogen and oxygen atoms in total. The van der Waals surface area contributed by atoms with E-state index in [0.29, 0.717) is 25.4 Å². The average molecular weight is 531 g/mol. The summed E-state index contributed by atoms with van der Waals surface area (Å²) in [6.45, 7) is 5.35.